The standard InChI is InChI=1S/C18H21ClO2/c1-12(2)13-8-10-14(11-9-13)18(19)17-15(20-3)6-5-7-16(17)21-4/h5-12,18H,1-4H3. The van der Waals surface area contributed by atoms with E-state index >= 15 is 0 Å². The van der Waals surface area contributed by atoms with Crippen LogP contribution in [-0.2, 0) is 0 Å². The highest BCUT2D eigenvalue weighted by molar-refractivity contribution is 6.23. The van der Waals surface area contributed by atoms with Crippen molar-refractivity contribution in [2.75, 3.05) is 14.2 Å². The predicted octanol–water partition coefficient (Wildman–Crippen LogP) is 5.16. The summed E-state index contributed by atoms with van der Waals surface area (Å²) in [4.78, 5) is 0. The molecular weight excluding hydrogens is 284 g/mol. The molecule has 0 saturated heterocycles. The van der Waals surface area contributed by atoms with E-state index in [4.69, 9.17) is 21.1 Å². The summed E-state index contributed by atoms with van der Waals surface area (Å²) in [6.07, 6.45) is 0. The van der Waals surface area contributed by atoms with Crippen LogP contribution in [0.4, 0.5) is 0 Å². The van der Waals surface area contributed by atoms with Crippen molar-refractivity contribution >= 4 is 11.6 Å². The average molecular weight is 305 g/mol. The fraction of sp³-hybridized carbons (Fsp3) is 0.333. The van der Waals surface area contributed by atoms with Gasteiger partial charge in [0.05, 0.1) is 25.2 Å². The lowest BCUT2D eigenvalue weighted by Crippen LogP contribution is -2.01. The number of hydrogen-bond donors (Lipinski definition) is 0. The van der Waals surface area contributed by atoms with E-state index < -0.39 is 0 Å². The zero-order valence-corrected chi connectivity index (χ0v) is 13.6. The molecule has 2 nitrogen and oxygen atoms in total. The van der Waals surface area contributed by atoms with Crippen LogP contribution in [0.3, 0.4) is 0 Å². The van der Waals surface area contributed by atoms with Gasteiger partial charge in [-0.15, -0.1) is 11.6 Å². The third-order valence-electron chi connectivity index (χ3n) is 3.62. The van der Waals surface area contributed by atoms with Crippen LogP contribution < -0.4 is 9.47 Å². The largest absolute Gasteiger partial charge is 0.496 e. The van der Waals surface area contributed by atoms with Gasteiger partial charge in [0.2, 0.25) is 0 Å². The van der Waals surface area contributed by atoms with E-state index in [2.05, 4.69) is 38.1 Å². The van der Waals surface area contributed by atoms with Crippen LogP contribution in [0.25, 0.3) is 0 Å². The van der Waals surface area contributed by atoms with Gasteiger partial charge >= 0.3 is 0 Å². The Hall–Kier alpha value is -1.67. The van der Waals surface area contributed by atoms with Crippen LogP contribution in [0.1, 0.15) is 41.8 Å². The fourth-order valence-electron chi connectivity index (χ4n) is 2.35. The summed E-state index contributed by atoms with van der Waals surface area (Å²) in [5.74, 6) is 1.98. The van der Waals surface area contributed by atoms with Crippen molar-refractivity contribution in [1.82, 2.24) is 0 Å². The van der Waals surface area contributed by atoms with Gasteiger partial charge < -0.3 is 9.47 Å². The van der Waals surface area contributed by atoms with Crippen molar-refractivity contribution in [3.8, 4) is 11.5 Å². The molecule has 0 amide bonds. The monoisotopic (exact) mass is 304 g/mol. The van der Waals surface area contributed by atoms with Crippen LogP contribution in [0.5, 0.6) is 11.5 Å². The molecule has 0 fully saturated rings. The van der Waals surface area contributed by atoms with Gasteiger partial charge in [0, 0.05) is 0 Å². The molecule has 2 aromatic carbocycles. The third-order valence-corrected chi connectivity index (χ3v) is 4.09. The van der Waals surface area contributed by atoms with E-state index in [9.17, 15) is 0 Å². The molecule has 0 aliphatic rings. The number of halogens is 1. The maximum absolute atomic E-state index is 6.67. The summed E-state index contributed by atoms with van der Waals surface area (Å²) >= 11 is 6.67. The van der Waals surface area contributed by atoms with Crippen LogP contribution in [-0.4, -0.2) is 14.2 Å². The first-order chi connectivity index (χ1) is 10.1. The zero-order valence-electron chi connectivity index (χ0n) is 12.9. The van der Waals surface area contributed by atoms with Gasteiger partial charge in [-0.05, 0) is 29.2 Å². The Balaban J connectivity index is 2.41. The molecule has 0 saturated carbocycles. The quantitative estimate of drug-likeness (QED) is 0.711. The number of alkyl halides is 1. The Labute approximate surface area is 131 Å². The summed E-state index contributed by atoms with van der Waals surface area (Å²) in [5, 5.41) is -0.308. The number of rotatable bonds is 5. The predicted molar refractivity (Wildman–Crippen MR) is 87.8 cm³/mol. The lowest BCUT2D eigenvalue weighted by molar-refractivity contribution is 0.386. The smallest absolute Gasteiger partial charge is 0.127 e. The van der Waals surface area contributed by atoms with Crippen LogP contribution >= 0.6 is 11.6 Å². The van der Waals surface area contributed by atoms with E-state index in [-0.39, 0.29) is 5.38 Å². The van der Waals surface area contributed by atoms with Gasteiger partial charge in [-0.25, -0.2) is 0 Å². The molecule has 1 unspecified atom stereocenters. The van der Waals surface area contributed by atoms with Gasteiger partial charge in [-0.2, -0.15) is 0 Å². The van der Waals surface area contributed by atoms with Crippen molar-refractivity contribution in [3.63, 3.8) is 0 Å². The van der Waals surface area contributed by atoms with Gasteiger partial charge in [0.1, 0.15) is 11.5 Å². The Morgan fingerprint density at radius 1 is 0.810 bits per heavy atom. The lowest BCUT2D eigenvalue weighted by Gasteiger charge is -2.18. The summed E-state index contributed by atoms with van der Waals surface area (Å²) in [6.45, 7) is 4.35. The van der Waals surface area contributed by atoms with E-state index in [1.54, 1.807) is 14.2 Å². The van der Waals surface area contributed by atoms with Gasteiger partial charge in [-0.1, -0.05) is 44.2 Å². The van der Waals surface area contributed by atoms with Crippen LogP contribution in [0, 0.1) is 0 Å². The molecule has 0 radical (unpaired) electrons. The second-order valence-electron chi connectivity index (χ2n) is 5.26. The Bertz CT molecular complexity index is 568. The number of benzene rings is 2. The molecule has 0 aliphatic heterocycles. The molecule has 3 heteroatoms. The van der Waals surface area contributed by atoms with Crippen molar-refractivity contribution < 1.29 is 9.47 Å². The molecule has 1 atom stereocenters. The SMILES string of the molecule is COc1cccc(OC)c1C(Cl)c1ccc(C(C)C)cc1. The first-order valence-electron chi connectivity index (χ1n) is 7.03. The highest BCUT2D eigenvalue weighted by Gasteiger charge is 2.20. The van der Waals surface area contributed by atoms with E-state index in [1.807, 2.05) is 18.2 Å². The second-order valence-corrected chi connectivity index (χ2v) is 5.70. The topological polar surface area (TPSA) is 18.5 Å². The minimum absolute atomic E-state index is 0.308. The van der Waals surface area contributed by atoms with Gasteiger partial charge in [-0.3, -0.25) is 0 Å². The number of ether oxygens (including phenoxy) is 2. The van der Waals surface area contributed by atoms with Gasteiger partial charge in [0.25, 0.3) is 0 Å². The Morgan fingerprint density at radius 3 is 1.71 bits per heavy atom. The molecule has 0 bridgehead atoms. The molecule has 0 aromatic heterocycles. The first kappa shape index (κ1) is 15.7. The van der Waals surface area contributed by atoms with Gasteiger partial charge in [0.15, 0.2) is 0 Å². The van der Waals surface area contributed by atoms with E-state index in [0.717, 1.165) is 22.6 Å². The highest BCUT2D eigenvalue weighted by atomic mass is 35.5. The molecule has 0 N–H and O–H groups in total. The normalized spacial score (nSPS) is 12.3. The summed E-state index contributed by atoms with van der Waals surface area (Å²) in [5.41, 5.74) is 3.19. The minimum atomic E-state index is -0.308. The van der Waals surface area contributed by atoms with Crippen LogP contribution in [0.15, 0.2) is 42.5 Å². The van der Waals surface area contributed by atoms with Crippen LogP contribution in [0.2, 0.25) is 0 Å². The molecule has 0 spiro atoms. The first-order valence-corrected chi connectivity index (χ1v) is 7.47. The molecule has 0 heterocycles. The minimum Gasteiger partial charge on any atom is -0.496 e. The summed E-state index contributed by atoms with van der Waals surface area (Å²) < 4.78 is 10.9. The lowest BCUT2D eigenvalue weighted by atomic mass is 9.98. The second kappa shape index (κ2) is 6.86. The average Bonchev–Trinajstić information content (AvgIpc) is 2.53. The zero-order chi connectivity index (χ0) is 15.4. The molecule has 112 valence electrons. The number of methoxy groups -OCH3 is 2. The Morgan fingerprint density at radius 2 is 1.29 bits per heavy atom. The third kappa shape index (κ3) is 3.33. The molecule has 21 heavy (non-hydrogen) atoms. The summed E-state index contributed by atoms with van der Waals surface area (Å²) in [7, 11) is 3.29. The van der Waals surface area contributed by atoms with Crippen molar-refractivity contribution in [3.05, 3.63) is 59.2 Å². The maximum atomic E-state index is 6.67. The van der Waals surface area contributed by atoms with E-state index in [0.29, 0.717) is 5.92 Å². The molecule has 2 aromatic rings. The molecule has 2 rings (SSSR count). The van der Waals surface area contributed by atoms with E-state index in [1.165, 1.54) is 5.56 Å². The summed E-state index contributed by atoms with van der Waals surface area (Å²) in [6, 6.07) is 14.1. The number of hydrogen-bond acceptors (Lipinski definition) is 2. The highest BCUT2D eigenvalue weighted by Crippen LogP contribution is 2.41. The molecular formula is C18H21ClO2. The Kier molecular flexibility index (Phi) is 5.13. The fourth-order valence-corrected chi connectivity index (χ4v) is 2.71. The van der Waals surface area contributed by atoms with Crippen molar-refractivity contribution in [1.29, 1.82) is 0 Å². The van der Waals surface area contributed by atoms with Crippen molar-refractivity contribution in [2.24, 2.45) is 0 Å². The molecule has 0 aliphatic carbocycles. The maximum Gasteiger partial charge on any atom is 0.127 e. The van der Waals surface area contributed by atoms with Crippen molar-refractivity contribution in [2.45, 2.75) is 25.1 Å².